The van der Waals surface area contributed by atoms with Crippen molar-refractivity contribution in [3.05, 3.63) is 99.4 Å². The highest BCUT2D eigenvalue weighted by atomic mass is 35.5. The van der Waals surface area contributed by atoms with Crippen LogP contribution < -0.4 is 20.9 Å². The number of ether oxygens (including phenoxy) is 1. The molecule has 0 aliphatic carbocycles. The predicted molar refractivity (Wildman–Crippen MR) is 180 cm³/mol. The molecule has 1 saturated heterocycles. The van der Waals surface area contributed by atoms with E-state index in [1.54, 1.807) is 23.1 Å². The molecule has 4 heterocycles. The Hall–Kier alpha value is -4.59. The van der Waals surface area contributed by atoms with Crippen LogP contribution in [0.4, 0.5) is 18.9 Å². The summed E-state index contributed by atoms with van der Waals surface area (Å²) in [6.45, 7) is 3.73. The lowest BCUT2D eigenvalue weighted by Crippen LogP contribution is -2.47. The van der Waals surface area contributed by atoms with Gasteiger partial charge >= 0.3 is 12.1 Å². The van der Waals surface area contributed by atoms with Crippen LogP contribution in [-0.2, 0) is 17.4 Å². The fraction of sp³-hybridized carbons (Fsp3) is 0.324. The number of pyridine rings is 2. The third kappa shape index (κ3) is 8.85. The van der Waals surface area contributed by atoms with E-state index in [9.17, 15) is 22.8 Å². The van der Waals surface area contributed by atoms with E-state index in [1.807, 2.05) is 36.5 Å². The molecule has 3 aromatic heterocycles. The number of H-pyrrole nitrogens is 2. The number of aromatic amines is 2. The molecule has 1 aliphatic rings. The average Bonchev–Trinajstić information content (AvgIpc) is 3.47. The number of nitrogens with one attached hydrogen (secondary N) is 2. The van der Waals surface area contributed by atoms with Gasteiger partial charge in [0.25, 0.3) is 0 Å². The molecule has 2 aromatic carbocycles. The lowest BCUT2D eigenvalue weighted by molar-refractivity contribution is -0.138. The highest BCUT2D eigenvalue weighted by Gasteiger charge is 2.37. The summed E-state index contributed by atoms with van der Waals surface area (Å²) >= 11 is 5.85. The Morgan fingerprint density at radius 1 is 1.02 bits per heavy atom. The first-order valence-corrected chi connectivity index (χ1v) is 15.9. The van der Waals surface area contributed by atoms with Crippen LogP contribution in [0.15, 0.2) is 77.7 Å². The molecule has 0 amide bonds. The monoisotopic (exact) mass is 684 g/mol. The van der Waals surface area contributed by atoms with E-state index in [1.165, 1.54) is 18.2 Å². The molecule has 1 atom stereocenters. The van der Waals surface area contributed by atoms with Gasteiger partial charge in [-0.2, -0.15) is 18.2 Å². The summed E-state index contributed by atoms with van der Waals surface area (Å²) in [5.74, 6) is -0.514. The zero-order valence-corrected chi connectivity index (χ0v) is 26.7. The molecule has 5 aromatic rings. The first-order chi connectivity index (χ1) is 23.0. The van der Waals surface area contributed by atoms with Crippen molar-refractivity contribution in [2.75, 3.05) is 44.2 Å². The maximum atomic E-state index is 13.4. The van der Waals surface area contributed by atoms with E-state index in [0.29, 0.717) is 50.7 Å². The van der Waals surface area contributed by atoms with Gasteiger partial charge in [0.15, 0.2) is 0 Å². The van der Waals surface area contributed by atoms with Crippen molar-refractivity contribution in [1.82, 2.24) is 19.9 Å². The molecule has 48 heavy (non-hydrogen) atoms. The van der Waals surface area contributed by atoms with Crippen molar-refractivity contribution >= 4 is 45.2 Å². The molecular formula is C34H36ClF3N6O4. The number of carboxylic acids is 1. The van der Waals surface area contributed by atoms with Crippen molar-refractivity contribution in [3.8, 4) is 5.88 Å². The Balaban J connectivity index is 0.000000250. The molecule has 1 aliphatic heterocycles. The maximum absolute atomic E-state index is 13.4. The Bertz CT molecular complexity index is 1910. The third-order valence-electron chi connectivity index (χ3n) is 8.10. The molecule has 5 N–H and O–H groups in total. The minimum atomic E-state index is -4.49. The van der Waals surface area contributed by atoms with Gasteiger partial charge in [0.1, 0.15) is 11.7 Å². The number of fused-ring (bicyclic) bond motifs is 2. The van der Waals surface area contributed by atoms with Gasteiger partial charge in [0.05, 0.1) is 22.9 Å². The number of aromatic nitrogens is 3. The van der Waals surface area contributed by atoms with E-state index < -0.39 is 23.8 Å². The highest BCUT2D eigenvalue weighted by Crippen LogP contribution is 2.41. The first kappa shape index (κ1) is 34.7. The number of benzene rings is 2. The minimum Gasteiger partial charge on any atom is -0.480 e. The van der Waals surface area contributed by atoms with E-state index in [-0.39, 0.29) is 16.3 Å². The molecule has 10 nitrogen and oxygen atoms in total. The van der Waals surface area contributed by atoms with Gasteiger partial charge in [-0.15, -0.1) is 0 Å². The number of carboxylic acid groups (broad SMARTS) is 1. The average molecular weight is 685 g/mol. The standard InChI is InChI=1S/C23H24ClF3N4O2.C11H12N2O2/c24-17-4-3-5-18(21(17)23(25,26)27)31-13-11-30(12-14-31)10-1-2-15-33-20-9-7-16-6-8-19(32)28-22(16)29-20;12-9(11(14)15)5-7-6-13-10-4-2-1-3-8(7)10/h3-9H,1-2,10-15H2,(H,28,29,32);1-4,6,9,13H,5,12H2,(H,14,15)/t;9-/m.0/s1. The van der Waals surface area contributed by atoms with Gasteiger partial charge in [0.2, 0.25) is 11.4 Å². The number of hydrogen-bond acceptors (Lipinski definition) is 7. The van der Waals surface area contributed by atoms with Crippen LogP contribution in [-0.4, -0.2) is 76.3 Å². The number of anilines is 1. The SMILES string of the molecule is N[C@@H](Cc1c[nH]c2ccccc12)C(=O)O.O=c1ccc2ccc(OCCCCN3CCN(c4cccc(Cl)c4C(F)(F)F)CC3)nc2[nH]1. The minimum absolute atomic E-state index is 0.146. The fourth-order valence-corrected chi connectivity index (χ4v) is 5.88. The number of halogens is 4. The lowest BCUT2D eigenvalue weighted by atomic mass is 10.1. The zero-order chi connectivity index (χ0) is 34.3. The van der Waals surface area contributed by atoms with Crippen LogP contribution >= 0.6 is 11.6 Å². The van der Waals surface area contributed by atoms with Crippen molar-refractivity contribution < 1.29 is 27.8 Å². The second-order valence-electron chi connectivity index (χ2n) is 11.4. The fourth-order valence-electron chi connectivity index (χ4n) is 5.60. The van der Waals surface area contributed by atoms with Gasteiger partial charge in [-0.1, -0.05) is 35.9 Å². The van der Waals surface area contributed by atoms with Gasteiger partial charge < -0.3 is 30.4 Å². The normalized spacial score (nSPS) is 14.5. The summed E-state index contributed by atoms with van der Waals surface area (Å²) in [5, 5.41) is 10.3. The number of rotatable bonds is 10. The Labute approximate surface area is 279 Å². The van der Waals surface area contributed by atoms with Crippen LogP contribution in [0.25, 0.3) is 21.9 Å². The van der Waals surface area contributed by atoms with Crippen LogP contribution in [0, 0.1) is 0 Å². The molecule has 254 valence electrons. The number of para-hydroxylation sites is 1. The smallest absolute Gasteiger partial charge is 0.419 e. The Morgan fingerprint density at radius 2 is 1.77 bits per heavy atom. The number of piperazine rings is 1. The zero-order valence-electron chi connectivity index (χ0n) is 26.0. The maximum Gasteiger partial charge on any atom is 0.419 e. The number of alkyl halides is 3. The molecule has 0 radical (unpaired) electrons. The molecule has 0 saturated carbocycles. The second kappa shape index (κ2) is 15.5. The van der Waals surface area contributed by atoms with Crippen LogP contribution in [0.1, 0.15) is 24.0 Å². The number of nitrogens with two attached hydrogens (primary N) is 1. The predicted octanol–water partition coefficient (Wildman–Crippen LogP) is 5.70. The molecule has 0 unspecified atom stereocenters. The van der Waals surface area contributed by atoms with Gasteiger partial charge in [-0.3, -0.25) is 14.5 Å². The number of aliphatic carboxylic acids is 1. The number of hydrogen-bond donors (Lipinski definition) is 4. The van der Waals surface area contributed by atoms with Crippen molar-refractivity contribution in [2.24, 2.45) is 5.73 Å². The van der Waals surface area contributed by atoms with Crippen LogP contribution in [0.2, 0.25) is 5.02 Å². The van der Waals surface area contributed by atoms with Crippen molar-refractivity contribution in [1.29, 1.82) is 0 Å². The van der Waals surface area contributed by atoms with E-state index in [0.717, 1.165) is 41.2 Å². The third-order valence-corrected chi connectivity index (χ3v) is 8.41. The largest absolute Gasteiger partial charge is 0.480 e. The summed E-state index contributed by atoms with van der Waals surface area (Å²) in [4.78, 5) is 36.1. The summed E-state index contributed by atoms with van der Waals surface area (Å²) in [5.41, 5.74) is 7.10. The summed E-state index contributed by atoms with van der Waals surface area (Å²) in [6, 6.07) is 18.0. The molecule has 0 spiro atoms. The molecule has 0 bridgehead atoms. The van der Waals surface area contributed by atoms with E-state index in [2.05, 4.69) is 19.9 Å². The number of carbonyl (C=O) groups is 1. The highest BCUT2D eigenvalue weighted by molar-refractivity contribution is 6.31. The quantitative estimate of drug-likeness (QED) is 0.137. The Morgan fingerprint density at radius 3 is 2.52 bits per heavy atom. The van der Waals surface area contributed by atoms with E-state index >= 15 is 0 Å². The second-order valence-corrected chi connectivity index (χ2v) is 11.8. The van der Waals surface area contributed by atoms with E-state index in [4.69, 9.17) is 27.2 Å². The summed E-state index contributed by atoms with van der Waals surface area (Å²) < 4.78 is 46.0. The topological polar surface area (TPSA) is 141 Å². The lowest BCUT2D eigenvalue weighted by Gasteiger charge is -2.37. The van der Waals surface area contributed by atoms with Crippen molar-refractivity contribution in [3.63, 3.8) is 0 Å². The molecule has 1 fully saturated rings. The van der Waals surface area contributed by atoms with Gasteiger partial charge in [0, 0.05) is 67.2 Å². The molecule has 14 heteroatoms. The number of unbranched alkanes of at least 4 members (excludes halogenated alkanes) is 1. The Kier molecular flexibility index (Phi) is 11.2. The van der Waals surface area contributed by atoms with Gasteiger partial charge in [-0.05, 0) is 55.3 Å². The first-order valence-electron chi connectivity index (χ1n) is 15.5. The van der Waals surface area contributed by atoms with Gasteiger partial charge in [-0.25, -0.2) is 0 Å². The molecule has 6 rings (SSSR count). The summed E-state index contributed by atoms with van der Waals surface area (Å²) in [7, 11) is 0. The van der Waals surface area contributed by atoms with Crippen LogP contribution in [0.3, 0.4) is 0 Å². The number of nitrogens with zero attached hydrogens (tertiary/aromatic N) is 3. The summed E-state index contributed by atoms with van der Waals surface area (Å²) in [6.07, 6.45) is -0.611. The molecular weight excluding hydrogens is 649 g/mol. The van der Waals surface area contributed by atoms with Crippen molar-refractivity contribution in [2.45, 2.75) is 31.5 Å². The van der Waals surface area contributed by atoms with Crippen LogP contribution in [0.5, 0.6) is 5.88 Å².